The molecule has 3 aromatic carbocycles. The molecule has 0 aliphatic rings. The number of carbonyl (C=O) groups is 1. The number of ether oxygens (including phenoxy) is 4. The van der Waals surface area contributed by atoms with Crippen molar-refractivity contribution in [3.63, 3.8) is 0 Å². The number of rotatable bonds is 14. The molecule has 7 nitrogen and oxygen atoms in total. The summed E-state index contributed by atoms with van der Waals surface area (Å²) in [7, 11) is 3.25. The highest BCUT2D eigenvalue weighted by Gasteiger charge is 2.20. The Bertz CT molecular complexity index is 1130. The second-order valence-corrected chi connectivity index (χ2v) is 8.69. The molecule has 0 heterocycles. The summed E-state index contributed by atoms with van der Waals surface area (Å²) in [6, 6.07) is 18.5. The van der Waals surface area contributed by atoms with E-state index < -0.39 is 0 Å². The van der Waals surface area contributed by atoms with Crippen molar-refractivity contribution >= 4 is 17.5 Å². The van der Waals surface area contributed by atoms with E-state index in [-0.39, 0.29) is 17.5 Å². The van der Waals surface area contributed by atoms with Gasteiger partial charge < -0.3 is 29.2 Å². The van der Waals surface area contributed by atoms with Crippen LogP contribution >= 0.6 is 11.6 Å². The highest BCUT2D eigenvalue weighted by Crippen LogP contribution is 2.39. The van der Waals surface area contributed by atoms with Gasteiger partial charge in [0.05, 0.1) is 24.8 Å². The molecule has 0 saturated carbocycles. The SMILES string of the molecule is CCN(CC)CCNC(=O)c1ccc(OCc2ccc(OC)cc2)c(OCc2ccc(OC)cc2)c1Cl. The first-order chi connectivity index (χ1) is 18.0. The minimum atomic E-state index is -0.256. The van der Waals surface area contributed by atoms with Crippen LogP contribution in [0.15, 0.2) is 60.7 Å². The Morgan fingerprint density at radius 2 is 1.35 bits per heavy atom. The van der Waals surface area contributed by atoms with Crippen molar-refractivity contribution in [3.05, 3.63) is 82.4 Å². The van der Waals surface area contributed by atoms with E-state index in [2.05, 4.69) is 24.1 Å². The van der Waals surface area contributed by atoms with Crippen LogP contribution in [0.2, 0.25) is 5.02 Å². The van der Waals surface area contributed by atoms with Crippen LogP contribution in [0.3, 0.4) is 0 Å². The lowest BCUT2D eigenvalue weighted by atomic mass is 10.1. The predicted molar refractivity (Wildman–Crippen MR) is 146 cm³/mol. The Kier molecular flexibility index (Phi) is 10.9. The van der Waals surface area contributed by atoms with Crippen LogP contribution in [0, 0.1) is 0 Å². The third-order valence-electron chi connectivity index (χ3n) is 6.01. The van der Waals surface area contributed by atoms with Crippen molar-refractivity contribution in [2.24, 2.45) is 0 Å². The van der Waals surface area contributed by atoms with E-state index in [0.29, 0.717) is 30.2 Å². The number of hydrogen-bond donors (Lipinski definition) is 1. The van der Waals surface area contributed by atoms with Crippen LogP contribution in [0.5, 0.6) is 23.0 Å². The van der Waals surface area contributed by atoms with Gasteiger partial charge in [-0.15, -0.1) is 0 Å². The smallest absolute Gasteiger partial charge is 0.252 e. The minimum absolute atomic E-state index is 0.209. The van der Waals surface area contributed by atoms with Crippen LogP contribution in [-0.2, 0) is 13.2 Å². The van der Waals surface area contributed by atoms with Crippen molar-refractivity contribution < 1.29 is 23.7 Å². The van der Waals surface area contributed by atoms with E-state index in [1.165, 1.54) is 0 Å². The molecule has 0 atom stereocenters. The molecular weight excluding hydrogens is 492 g/mol. The zero-order valence-corrected chi connectivity index (χ0v) is 22.6. The van der Waals surface area contributed by atoms with Gasteiger partial charge >= 0.3 is 0 Å². The van der Waals surface area contributed by atoms with Gasteiger partial charge in [-0.25, -0.2) is 0 Å². The molecule has 3 rings (SSSR count). The Hall–Kier alpha value is -3.42. The standard InChI is InChI=1S/C29H35ClN2O5/c1-5-32(6-2)18-17-31-29(33)25-15-16-26(36-19-21-7-11-23(34-3)12-8-21)28(27(25)30)37-20-22-9-13-24(35-4)14-10-22/h7-16H,5-6,17-20H2,1-4H3,(H,31,33). The molecule has 0 aromatic heterocycles. The van der Waals surface area contributed by atoms with Gasteiger partial charge in [0.2, 0.25) is 0 Å². The number of methoxy groups -OCH3 is 2. The summed E-state index contributed by atoms with van der Waals surface area (Å²) in [4.78, 5) is 15.2. The molecule has 3 aromatic rings. The van der Waals surface area contributed by atoms with E-state index in [9.17, 15) is 4.79 Å². The average Bonchev–Trinajstić information content (AvgIpc) is 2.94. The summed E-state index contributed by atoms with van der Waals surface area (Å²) in [5, 5.41) is 3.16. The monoisotopic (exact) mass is 526 g/mol. The maximum Gasteiger partial charge on any atom is 0.252 e. The molecule has 0 saturated heterocycles. The first-order valence-corrected chi connectivity index (χ1v) is 12.7. The Morgan fingerprint density at radius 3 is 1.86 bits per heavy atom. The van der Waals surface area contributed by atoms with Crippen LogP contribution in [0.4, 0.5) is 0 Å². The number of nitrogens with zero attached hydrogens (tertiary/aromatic N) is 1. The van der Waals surface area contributed by atoms with E-state index in [1.807, 2.05) is 48.5 Å². The number of nitrogens with one attached hydrogen (secondary N) is 1. The Balaban J connectivity index is 1.78. The fourth-order valence-electron chi connectivity index (χ4n) is 3.68. The summed E-state index contributed by atoms with van der Waals surface area (Å²) >= 11 is 6.73. The molecule has 1 N–H and O–H groups in total. The van der Waals surface area contributed by atoms with Gasteiger partial charge in [0.15, 0.2) is 11.5 Å². The molecule has 0 aliphatic heterocycles. The second-order valence-electron chi connectivity index (χ2n) is 8.31. The predicted octanol–water partition coefficient (Wildman–Crippen LogP) is 5.59. The van der Waals surface area contributed by atoms with Gasteiger partial charge in [-0.1, -0.05) is 49.7 Å². The molecule has 0 aliphatic carbocycles. The average molecular weight is 527 g/mol. The fourth-order valence-corrected chi connectivity index (χ4v) is 3.98. The summed E-state index contributed by atoms with van der Waals surface area (Å²) < 4.78 is 22.6. The lowest BCUT2D eigenvalue weighted by Crippen LogP contribution is -2.34. The summed E-state index contributed by atoms with van der Waals surface area (Å²) in [6.07, 6.45) is 0. The minimum Gasteiger partial charge on any atom is -0.497 e. The molecule has 0 bridgehead atoms. The van der Waals surface area contributed by atoms with E-state index in [4.69, 9.17) is 30.5 Å². The zero-order valence-electron chi connectivity index (χ0n) is 21.9. The molecule has 8 heteroatoms. The quantitative estimate of drug-likeness (QED) is 0.295. The number of halogens is 1. The molecule has 0 fully saturated rings. The largest absolute Gasteiger partial charge is 0.497 e. The molecule has 198 valence electrons. The summed E-state index contributed by atoms with van der Waals surface area (Å²) in [5.74, 6) is 2.05. The summed E-state index contributed by atoms with van der Waals surface area (Å²) in [6.45, 7) is 7.88. The highest BCUT2D eigenvalue weighted by atomic mass is 35.5. The van der Waals surface area contributed by atoms with Crippen molar-refractivity contribution in [2.45, 2.75) is 27.1 Å². The Morgan fingerprint density at radius 1 is 0.811 bits per heavy atom. The highest BCUT2D eigenvalue weighted by molar-refractivity contribution is 6.35. The molecular formula is C29H35ClN2O5. The van der Waals surface area contributed by atoms with E-state index in [0.717, 1.165) is 42.3 Å². The first-order valence-electron chi connectivity index (χ1n) is 12.3. The maximum atomic E-state index is 12.9. The van der Waals surface area contributed by atoms with Gasteiger partial charge in [-0.2, -0.15) is 0 Å². The van der Waals surface area contributed by atoms with Crippen molar-refractivity contribution in [3.8, 4) is 23.0 Å². The second kappa shape index (κ2) is 14.4. The topological polar surface area (TPSA) is 69.3 Å². The fraction of sp³-hybridized carbons (Fsp3) is 0.345. The first kappa shape index (κ1) is 28.2. The number of hydrogen-bond acceptors (Lipinski definition) is 6. The third-order valence-corrected chi connectivity index (χ3v) is 6.38. The third kappa shape index (κ3) is 8.03. The van der Waals surface area contributed by atoms with Crippen LogP contribution in [-0.4, -0.2) is 51.2 Å². The summed E-state index contributed by atoms with van der Waals surface area (Å²) in [5.41, 5.74) is 2.21. The van der Waals surface area contributed by atoms with E-state index in [1.54, 1.807) is 26.4 Å². The zero-order chi connectivity index (χ0) is 26.6. The van der Waals surface area contributed by atoms with Crippen LogP contribution in [0.1, 0.15) is 35.3 Å². The van der Waals surface area contributed by atoms with Gasteiger partial charge in [0, 0.05) is 13.1 Å². The van der Waals surface area contributed by atoms with Crippen LogP contribution in [0.25, 0.3) is 0 Å². The molecule has 0 spiro atoms. The normalized spacial score (nSPS) is 10.8. The van der Waals surface area contributed by atoms with Gasteiger partial charge in [-0.05, 0) is 60.6 Å². The molecule has 1 amide bonds. The lowest BCUT2D eigenvalue weighted by Gasteiger charge is -2.19. The van der Waals surface area contributed by atoms with Crippen molar-refractivity contribution in [1.29, 1.82) is 0 Å². The molecule has 0 radical (unpaired) electrons. The van der Waals surface area contributed by atoms with Crippen molar-refractivity contribution in [2.75, 3.05) is 40.4 Å². The maximum absolute atomic E-state index is 12.9. The van der Waals surface area contributed by atoms with Gasteiger partial charge in [0.25, 0.3) is 5.91 Å². The van der Waals surface area contributed by atoms with E-state index >= 15 is 0 Å². The molecule has 37 heavy (non-hydrogen) atoms. The van der Waals surface area contributed by atoms with Gasteiger partial charge in [-0.3, -0.25) is 4.79 Å². The number of benzene rings is 3. The van der Waals surface area contributed by atoms with Crippen molar-refractivity contribution in [1.82, 2.24) is 10.2 Å². The Labute approximate surface area is 224 Å². The van der Waals surface area contributed by atoms with Gasteiger partial charge in [0.1, 0.15) is 24.7 Å². The molecule has 0 unspecified atom stereocenters. The number of carbonyl (C=O) groups excluding carboxylic acids is 1. The van der Waals surface area contributed by atoms with Crippen LogP contribution < -0.4 is 24.3 Å². The number of likely N-dealkylation sites (N-methyl/N-ethyl adjacent to an activating group) is 1. The number of amides is 1. The lowest BCUT2D eigenvalue weighted by molar-refractivity contribution is 0.0948.